The Morgan fingerprint density at radius 3 is 2.58 bits per heavy atom. The number of carbonyl (C=O) groups excluding carboxylic acids is 1. The predicted molar refractivity (Wildman–Crippen MR) is 87.7 cm³/mol. The first-order chi connectivity index (χ1) is 11.5. The van der Waals surface area contributed by atoms with Crippen molar-refractivity contribution in [2.75, 3.05) is 7.11 Å². The van der Waals surface area contributed by atoms with E-state index in [1.807, 2.05) is 31.2 Å². The van der Waals surface area contributed by atoms with E-state index in [4.69, 9.17) is 4.74 Å². The average Bonchev–Trinajstić information content (AvgIpc) is 3.00. The summed E-state index contributed by atoms with van der Waals surface area (Å²) in [6.45, 7) is 1.95. The number of carbonyl (C=O) groups is 1. The van der Waals surface area contributed by atoms with Crippen molar-refractivity contribution in [1.29, 1.82) is 0 Å². The fraction of sp³-hybridized carbons (Fsp3) is 0.176. The van der Waals surface area contributed by atoms with E-state index in [0.717, 1.165) is 5.56 Å². The molecule has 1 heterocycles. The fourth-order valence-corrected chi connectivity index (χ4v) is 2.66. The number of fused-ring (bicyclic) bond motifs is 1. The van der Waals surface area contributed by atoms with Crippen LogP contribution in [-0.4, -0.2) is 27.8 Å². The SMILES string of the molecule is COC(=O)C(c1ccc(C)cc1)n1ncc2c([N+](=O)[O-])cccc21. The van der Waals surface area contributed by atoms with Gasteiger partial charge in [0, 0.05) is 6.07 Å². The van der Waals surface area contributed by atoms with E-state index in [1.54, 1.807) is 12.1 Å². The van der Waals surface area contributed by atoms with Crippen molar-refractivity contribution in [2.45, 2.75) is 13.0 Å². The smallest absolute Gasteiger partial charge is 0.335 e. The number of nitrogens with zero attached hydrogens (tertiary/aromatic N) is 3. The van der Waals surface area contributed by atoms with Crippen LogP contribution in [0.1, 0.15) is 17.2 Å². The van der Waals surface area contributed by atoms with Gasteiger partial charge in [0.15, 0.2) is 6.04 Å². The Morgan fingerprint density at radius 2 is 1.96 bits per heavy atom. The van der Waals surface area contributed by atoms with Crippen molar-refractivity contribution in [3.8, 4) is 0 Å². The summed E-state index contributed by atoms with van der Waals surface area (Å²) >= 11 is 0. The largest absolute Gasteiger partial charge is 0.467 e. The summed E-state index contributed by atoms with van der Waals surface area (Å²) in [5.74, 6) is -0.490. The highest BCUT2D eigenvalue weighted by Gasteiger charge is 2.27. The van der Waals surface area contributed by atoms with Gasteiger partial charge in [0.2, 0.25) is 0 Å². The molecule has 0 N–H and O–H groups in total. The van der Waals surface area contributed by atoms with Crippen molar-refractivity contribution < 1.29 is 14.5 Å². The maximum Gasteiger partial charge on any atom is 0.335 e. The van der Waals surface area contributed by atoms with Crippen LogP contribution in [0.2, 0.25) is 0 Å². The molecule has 0 amide bonds. The molecule has 3 rings (SSSR count). The number of ether oxygens (including phenoxy) is 1. The number of hydrogen-bond donors (Lipinski definition) is 0. The maximum atomic E-state index is 12.3. The molecule has 0 spiro atoms. The molecule has 0 saturated carbocycles. The van der Waals surface area contributed by atoms with Crippen LogP contribution in [-0.2, 0) is 9.53 Å². The third-order valence-corrected chi connectivity index (χ3v) is 3.88. The minimum atomic E-state index is -0.810. The van der Waals surface area contributed by atoms with E-state index in [1.165, 1.54) is 24.1 Å². The Morgan fingerprint density at radius 1 is 1.25 bits per heavy atom. The van der Waals surface area contributed by atoms with E-state index < -0.39 is 16.9 Å². The van der Waals surface area contributed by atoms with Crippen LogP contribution in [0, 0.1) is 17.0 Å². The van der Waals surface area contributed by atoms with Gasteiger partial charge in [-0.25, -0.2) is 9.48 Å². The monoisotopic (exact) mass is 325 g/mol. The van der Waals surface area contributed by atoms with Gasteiger partial charge in [0.05, 0.1) is 29.1 Å². The minimum absolute atomic E-state index is 0.0497. The minimum Gasteiger partial charge on any atom is -0.467 e. The number of aryl methyl sites for hydroxylation is 1. The zero-order valence-corrected chi connectivity index (χ0v) is 13.2. The molecule has 0 aliphatic heterocycles. The summed E-state index contributed by atoms with van der Waals surface area (Å²) in [5, 5.41) is 15.8. The van der Waals surface area contributed by atoms with Crippen LogP contribution in [0.4, 0.5) is 5.69 Å². The lowest BCUT2D eigenvalue weighted by molar-refractivity contribution is -0.383. The zero-order chi connectivity index (χ0) is 17.3. The Bertz CT molecular complexity index is 915. The molecule has 24 heavy (non-hydrogen) atoms. The first kappa shape index (κ1) is 15.7. The standard InChI is InChI=1S/C17H15N3O4/c1-11-6-8-12(9-7-11)16(17(21)24-2)19-14-4-3-5-15(20(22)23)13(14)10-18-19/h3-10,16H,1-2H3. The number of esters is 1. The molecule has 122 valence electrons. The van der Waals surface area contributed by atoms with E-state index >= 15 is 0 Å². The van der Waals surface area contributed by atoms with Crippen LogP contribution in [0.25, 0.3) is 10.9 Å². The van der Waals surface area contributed by atoms with Crippen molar-refractivity contribution >= 4 is 22.6 Å². The van der Waals surface area contributed by atoms with Gasteiger partial charge in [0.25, 0.3) is 5.69 Å². The molecule has 0 aliphatic carbocycles. The number of hydrogen-bond acceptors (Lipinski definition) is 5. The number of nitro benzene ring substituents is 1. The van der Waals surface area contributed by atoms with Gasteiger partial charge in [-0.3, -0.25) is 10.1 Å². The van der Waals surface area contributed by atoms with Crippen LogP contribution >= 0.6 is 0 Å². The number of benzene rings is 2. The fourth-order valence-electron chi connectivity index (χ4n) is 2.66. The quantitative estimate of drug-likeness (QED) is 0.418. The number of nitro groups is 1. The van der Waals surface area contributed by atoms with Crippen molar-refractivity contribution in [3.63, 3.8) is 0 Å². The number of aromatic nitrogens is 2. The van der Waals surface area contributed by atoms with E-state index in [2.05, 4.69) is 5.10 Å². The highest BCUT2D eigenvalue weighted by Crippen LogP contribution is 2.29. The Kier molecular flexibility index (Phi) is 3.99. The summed E-state index contributed by atoms with van der Waals surface area (Å²) in [6.07, 6.45) is 1.40. The van der Waals surface area contributed by atoms with Crippen LogP contribution in [0.15, 0.2) is 48.7 Å². The normalized spacial score (nSPS) is 12.1. The molecule has 1 unspecified atom stereocenters. The lowest BCUT2D eigenvalue weighted by atomic mass is 10.0. The second-order valence-corrected chi connectivity index (χ2v) is 5.39. The second kappa shape index (κ2) is 6.11. The molecule has 0 bridgehead atoms. The molecule has 7 nitrogen and oxygen atoms in total. The van der Waals surface area contributed by atoms with E-state index in [-0.39, 0.29) is 5.69 Å². The summed E-state index contributed by atoms with van der Waals surface area (Å²) in [5.41, 5.74) is 2.21. The Labute approximate surface area is 137 Å². The van der Waals surface area contributed by atoms with Crippen molar-refractivity contribution in [1.82, 2.24) is 9.78 Å². The summed E-state index contributed by atoms with van der Waals surface area (Å²) < 4.78 is 6.37. The number of methoxy groups -OCH3 is 1. The van der Waals surface area contributed by atoms with Crippen molar-refractivity contribution in [3.05, 3.63) is 69.9 Å². The van der Waals surface area contributed by atoms with Crippen LogP contribution < -0.4 is 0 Å². The highest BCUT2D eigenvalue weighted by molar-refractivity contribution is 5.90. The third kappa shape index (κ3) is 2.60. The van der Waals surface area contributed by atoms with E-state index in [9.17, 15) is 14.9 Å². The number of non-ortho nitro benzene ring substituents is 1. The third-order valence-electron chi connectivity index (χ3n) is 3.88. The predicted octanol–water partition coefficient (Wildman–Crippen LogP) is 3.02. The van der Waals surface area contributed by atoms with Gasteiger partial charge in [-0.15, -0.1) is 0 Å². The second-order valence-electron chi connectivity index (χ2n) is 5.39. The Balaban J connectivity index is 2.20. The van der Waals surface area contributed by atoms with Crippen molar-refractivity contribution in [2.24, 2.45) is 0 Å². The molecule has 0 saturated heterocycles. The molecule has 2 aromatic carbocycles. The van der Waals surface area contributed by atoms with Gasteiger partial charge in [-0.05, 0) is 18.6 Å². The molecule has 1 aromatic heterocycles. The highest BCUT2D eigenvalue weighted by atomic mass is 16.6. The maximum absolute atomic E-state index is 12.3. The molecule has 0 aliphatic rings. The molecule has 7 heteroatoms. The first-order valence-corrected chi connectivity index (χ1v) is 7.28. The first-order valence-electron chi connectivity index (χ1n) is 7.28. The zero-order valence-electron chi connectivity index (χ0n) is 13.2. The molecule has 1 atom stereocenters. The van der Waals surface area contributed by atoms with Gasteiger partial charge in [0.1, 0.15) is 0 Å². The molecule has 3 aromatic rings. The summed E-state index contributed by atoms with van der Waals surface area (Å²) in [6, 6.07) is 11.3. The summed E-state index contributed by atoms with van der Waals surface area (Å²) in [7, 11) is 1.30. The van der Waals surface area contributed by atoms with Gasteiger partial charge >= 0.3 is 5.97 Å². The van der Waals surface area contributed by atoms with Crippen LogP contribution in [0.3, 0.4) is 0 Å². The molecular weight excluding hydrogens is 310 g/mol. The van der Waals surface area contributed by atoms with Gasteiger partial charge in [-0.1, -0.05) is 35.9 Å². The molecule has 0 radical (unpaired) electrons. The summed E-state index contributed by atoms with van der Waals surface area (Å²) in [4.78, 5) is 23.0. The van der Waals surface area contributed by atoms with Gasteiger partial charge < -0.3 is 4.74 Å². The lowest BCUT2D eigenvalue weighted by Crippen LogP contribution is -2.23. The van der Waals surface area contributed by atoms with Crippen LogP contribution in [0.5, 0.6) is 0 Å². The van der Waals surface area contributed by atoms with E-state index in [0.29, 0.717) is 16.5 Å². The van der Waals surface area contributed by atoms with Gasteiger partial charge in [-0.2, -0.15) is 5.10 Å². The average molecular weight is 325 g/mol. The number of rotatable bonds is 4. The molecular formula is C17H15N3O4. The molecule has 0 fully saturated rings. The Hall–Kier alpha value is -3.22. The lowest BCUT2D eigenvalue weighted by Gasteiger charge is -2.17. The topological polar surface area (TPSA) is 87.3 Å².